The minimum atomic E-state index is 0.520. The summed E-state index contributed by atoms with van der Waals surface area (Å²) >= 11 is 0. The monoisotopic (exact) mass is 263 g/mol. The van der Waals surface area contributed by atoms with Crippen molar-refractivity contribution in [3.63, 3.8) is 0 Å². The van der Waals surface area contributed by atoms with Crippen LogP contribution in [-0.4, -0.2) is 12.1 Å². The molecule has 3 fully saturated rings. The standard InChI is InChI=1S/C18H33N/c1-5-13-7-6-8-15(11-13)19-16-17(2,3)14-9-10-18(16,4)12-14/h13-16,19H,5-12H2,1-4H3. The fraction of sp³-hybridized carbons (Fsp3) is 1.00. The first kappa shape index (κ1) is 13.9. The van der Waals surface area contributed by atoms with Crippen LogP contribution in [0.3, 0.4) is 0 Å². The molecule has 3 aliphatic carbocycles. The van der Waals surface area contributed by atoms with Gasteiger partial charge in [-0.05, 0) is 54.8 Å². The van der Waals surface area contributed by atoms with Crippen LogP contribution in [0.4, 0.5) is 0 Å². The Morgan fingerprint density at radius 2 is 1.89 bits per heavy atom. The maximum Gasteiger partial charge on any atom is 0.0177 e. The second-order valence-corrected chi connectivity index (χ2v) is 8.65. The molecule has 1 N–H and O–H groups in total. The summed E-state index contributed by atoms with van der Waals surface area (Å²) in [5.74, 6) is 1.96. The third-order valence-corrected chi connectivity index (χ3v) is 7.03. The molecule has 0 aromatic heterocycles. The zero-order chi connectivity index (χ0) is 13.7. The molecule has 3 rings (SSSR count). The van der Waals surface area contributed by atoms with E-state index in [2.05, 4.69) is 33.0 Å². The van der Waals surface area contributed by atoms with Crippen LogP contribution in [0.25, 0.3) is 0 Å². The molecule has 5 unspecified atom stereocenters. The Labute approximate surface area is 119 Å². The molecule has 3 aliphatic rings. The molecule has 19 heavy (non-hydrogen) atoms. The van der Waals surface area contributed by atoms with E-state index in [1.807, 2.05) is 0 Å². The van der Waals surface area contributed by atoms with Crippen molar-refractivity contribution in [3.8, 4) is 0 Å². The summed E-state index contributed by atoms with van der Waals surface area (Å²) in [6.07, 6.45) is 11.6. The molecule has 5 atom stereocenters. The summed E-state index contributed by atoms with van der Waals surface area (Å²) in [5.41, 5.74) is 1.11. The van der Waals surface area contributed by atoms with Gasteiger partial charge in [0.15, 0.2) is 0 Å². The number of nitrogens with one attached hydrogen (secondary N) is 1. The Morgan fingerprint density at radius 1 is 1.11 bits per heavy atom. The lowest BCUT2D eigenvalue weighted by molar-refractivity contribution is 0.0873. The molecule has 0 amide bonds. The zero-order valence-electron chi connectivity index (χ0n) is 13.5. The lowest BCUT2D eigenvalue weighted by Crippen LogP contribution is -2.54. The van der Waals surface area contributed by atoms with Crippen molar-refractivity contribution in [2.45, 2.75) is 91.1 Å². The lowest BCUT2D eigenvalue weighted by Gasteiger charge is -2.46. The highest BCUT2D eigenvalue weighted by Gasteiger charge is 2.59. The average Bonchev–Trinajstić information content (AvgIpc) is 2.86. The van der Waals surface area contributed by atoms with Crippen LogP contribution in [0.1, 0.15) is 79.1 Å². The SMILES string of the molecule is CCC1CCCC(NC2C3(C)CCC(C3)C2(C)C)C1. The van der Waals surface area contributed by atoms with E-state index < -0.39 is 0 Å². The van der Waals surface area contributed by atoms with Gasteiger partial charge in [0.2, 0.25) is 0 Å². The van der Waals surface area contributed by atoms with E-state index in [-0.39, 0.29) is 0 Å². The Morgan fingerprint density at radius 3 is 2.53 bits per heavy atom. The number of rotatable bonds is 3. The van der Waals surface area contributed by atoms with Crippen LogP contribution in [0.2, 0.25) is 0 Å². The van der Waals surface area contributed by atoms with Gasteiger partial charge in [-0.2, -0.15) is 0 Å². The van der Waals surface area contributed by atoms with E-state index in [0.29, 0.717) is 10.8 Å². The van der Waals surface area contributed by atoms with Crippen molar-refractivity contribution in [1.82, 2.24) is 5.32 Å². The summed E-state index contributed by atoms with van der Waals surface area (Å²) in [7, 11) is 0. The largest absolute Gasteiger partial charge is 0.310 e. The van der Waals surface area contributed by atoms with Gasteiger partial charge in [-0.3, -0.25) is 0 Å². The summed E-state index contributed by atoms with van der Waals surface area (Å²) in [4.78, 5) is 0. The first-order valence-electron chi connectivity index (χ1n) is 8.72. The van der Waals surface area contributed by atoms with Crippen LogP contribution in [0.5, 0.6) is 0 Å². The van der Waals surface area contributed by atoms with Crippen LogP contribution < -0.4 is 5.32 Å². The molecule has 110 valence electrons. The van der Waals surface area contributed by atoms with Crippen LogP contribution in [0, 0.1) is 22.7 Å². The van der Waals surface area contributed by atoms with Gasteiger partial charge in [0.1, 0.15) is 0 Å². The highest BCUT2D eigenvalue weighted by molar-refractivity contribution is 5.12. The van der Waals surface area contributed by atoms with Gasteiger partial charge < -0.3 is 5.32 Å². The molecule has 0 aromatic rings. The molecular formula is C18H33N. The maximum atomic E-state index is 4.14. The van der Waals surface area contributed by atoms with Crippen LogP contribution in [-0.2, 0) is 0 Å². The predicted molar refractivity (Wildman–Crippen MR) is 82.2 cm³/mol. The minimum absolute atomic E-state index is 0.520. The van der Waals surface area contributed by atoms with Gasteiger partial charge in [-0.1, -0.05) is 47.0 Å². The quantitative estimate of drug-likeness (QED) is 0.774. The molecule has 0 aliphatic heterocycles. The predicted octanol–water partition coefficient (Wildman–Crippen LogP) is 4.76. The van der Waals surface area contributed by atoms with Crippen molar-refractivity contribution in [3.05, 3.63) is 0 Å². The van der Waals surface area contributed by atoms with Crippen molar-refractivity contribution in [1.29, 1.82) is 0 Å². The fourth-order valence-corrected chi connectivity index (χ4v) is 5.77. The summed E-state index contributed by atoms with van der Waals surface area (Å²) in [5, 5.41) is 4.14. The molecule has 1 heteroatoms. The molecule has 0 radical (unpaired) electrons. The maximum absolute atomic E-state index is 4.14. The molecular weight excluding hydrogens is 230 g/mol. The fourth-order valence-electron chi connectivity index (χ4n) is 5.77. The topological polar surface area (TPSA) is 12.0 Å². The minimum Gasteiger partial charge on any atom is -0.310 e. The summed E-state index contributed by atoms with van der Waals surface area (Å²) < 4.78 is 0. The van der Waals surface area contributed by atoms with E-state index in [0.717, 1.165) is 23.9 Å². The summed E-state index contributed by atoms with van der Waals surface area (Å²) in [6, 6.07) is 1.57. The molecule has 0 saturated heterocycles. The molecule has 0 spiro atoms. The van der Waals surface area contributed by atoms with Gasteiger partial charge in [0.05, 0.1) is 0 Å². The highest BCUT2D eigenvalue weighted by atomic mass is 15.0. The van der Waals surface area contributed by atoms with E-state index in [1.54, 1.807) is 0 Å². The van der Waals surface area contributed by atoms with Gasteiger partial charge in [-0.25, -0.2) is 0 Å². The van der Waals surface area contributed by atoms with Gasteiger partial charge in [0, 0.05) is 12.1 Å². The van der Waals surface area contributed by atoms with Crippen molar-refractivity contribution >= 4 is 0 Å². The van der Waals surface area contributed by atoms with E-state index >= 15 is 0 Å². The molecule has 2 bridgehead atoms. The molecule has 1 nitrogen and oxygen atoms in total. The second kappa shape index (κ2) is 4.76. The van der Waals surface area contributed by atoms with Gasteiger partial charge in [0.25, 0.3) is 0 Å². The Balaban J connectivity index is 1.69. The number of hydrogen-bond donors (Lipinski definition) is 1. The number of hydrogen-bond acceptors (Lipinski definition) is 1. The third-order valence-electron chi connectivity index (χ3n) is 7.03. The zero-order valence-corrected chi connectivity index (χ0v) is 13.5. The van der Waals surface area contributed by atoms with Crippen molar-refractivity contribution in [2.75, 3.05) is 0 Å². The normalized spacial score (nSPS) is 48.6. The van der Waals surface area contributed by atoms with E-state index in [4.69, 9.17) is 0 Å². The Kier molecular flexibility index (Phi) is 3.48. The number of fused-ring (bicyclic) bond motifs is 2. The van der Waals surface area contributed by atoms with E-state index in [1.165, 1.54) is 51.4 Å². The Hall–Kier alpha value is -0.0400. The van der Waals surface area contributed by atoms with Crippen LogP contribution in [0.15, 0.2) is 0 Å². The second-order valence-electron chi connectivity index (χ2n) is 8.65. The van der Waals surface area contributed by atoms with E-state index in [9.17, 15) is 0 Å². The summed E-state index contributed by atoms with van der Waals surface area (Å²) in [6.45, 7) is 9.98. The lowest BCUT2D eigenvalue weighted by atomic mass is 9.67. The average molecular weight is 263 g/mol. The van der Waals surface area contributed by atoms with Crippen molar-refractivity contribution in [2.24, 2.45) is 22.7 Å². The first-order chi connectivity index (χ1) is 8.95. The molecule has 3 saturated carbocycles. The smallest absolute Gasteiger partial charge is 0.0177 e. The highest BCUT2D eigenvalue weighted by Crippen LogP contribution is 2.62. The van der Waals surface area contributed by atoms with Gasteiger partial charge in [-0.15, -0.1) is 0 Å². The van der Waals surface area contributed by atoms with Gasteiger partial charge >= 0.3 is 0 Å². The van der Waals surface area contributed by atoms with Crippen molar-refractivity contribution < 1.29 is 0 Å². The molecule has 0 aromatic carbocycles. The first-order valence-corrected chi connectivity index (χ1v) is 8.72. The Bertz CT molecular complexity index is 330. The third kappa shape index (κ3) is 2.26. The molecule has 0 heterocycles. The van der Waals surface area contributed by atoms with Crippen LogP contribution >= 0.6 is 0 Å².